The van der Waals surface area contributed by atoms with E-state index in [0.29, 0.717) is 37.4 Å². The zero-order chi connectivity index (χ0) is 22.1. The number of alkyl halides is 3. The minimum atomic E-state index is -4.56. The second kappa shape index (κ2) is 8.65. The molecule has 1 saturated heterocycles. The van der Waals surface area contributed by atoms with Crippen molar-refractivity contribution < 1.29 is 27.8 Å². The highest BCUT2D eigenvalue weighted by Gasteiger charge is 2.39. The minimum absolute atomic E-state index is 0.0466. The molecule has 1 unspecified atom stereocenters. The topological polar surface area (TPSA) is 41.9 Å². The highest BCUT2D eigenvalue weighted by molar-refractivity contribution is 6.31. The van der Waals surface area contributed by atoms with Gasteiger partial charge in [0.15, 0.2) is 11.5 Å². The summed E-state index contributed by atoms with van der Waals surface area (Å²) in [7, 11) is 3.15. The molecule has 164 valence electrons. The molecule has 1 aliphatic rings. The quantitative estimate of drug-likeness (QED) is 0.670. The van der Waals surface area contributed by atoms with Gasteiger partial charge in [-0.25, -0.2) is 0 Å². The molecule has 8 heteroatoms. The van der Waals surface area contributed by atoms with E-state index in [0.717, 1.165) is 11.6 Å². The largest absolute Gasteiger partial charge is 0.493 e. The van der Waals surface area contributed by atoms with Crippen molar-refractivity contribution in [2.24, 2.45) is 0 Å². The summed E-state index contributed by atoms with van der Waals surface area (Å²) in [6.45, 7) is 3.13. The lowest BCUT2D eigenvalue weighted by Crippen LogP contribution is -2.43. The fraction of sp³-hybridized carbons (Fsp3) is 0.455. The van der Waals surface area contributed by atoms with Crippen LogP contribution in [-0.4, -0.2) is 37.3 Å². The molecule has 1 aliphatic heterocycles. The minimum Gasteiger partial charge on any atom is -0.493 e. The summed E-state index contributed by atoms with van der Waals surface area (Å²) in [4.78, 5) is 2.19. The monoisotopic (exact) mass is 443 g/mol. The van der Waals surface area contributed by atoms with E-state index in [1.165, 1.54) is 12.1 Å². The smallest absolute Gasteiger partial charge is 0.417 e. The van der Waals surface area contributed by atoms with E-state index in [2.05, 4.69) is 11.8 Å². The molecule has 30 heavy (non-hydrogen) atoms. The molecule has 0 amide bonds. The number of hydrogen-bond acceptors (Lipinski definition) is 4. The molecule has 1 N–H and O–H groups in total. The first-order chi connectivity index (χ1) is 14.1. The molecule has 0 aliphatic carbocycles. The Hall–Kier alpha value is -1.96. The van der Waals surface area contributed by atoms with Gasteiger partial charge in [-0.1, -0.05) is 23.7 Å². The van der Waals surface area contributed by atoms with Crippen molar-refractivity contribution in [2.45, 2.75) is 37.6 Å². The Morgan fingerprint density at radius 1 is 1.03 bits per heavy atom. The SMILES string of the molecule is COc1ccc(C(C)N2CCC(O)(c3ccc(Cl)c(C(F)(F)F)c3)CC2)cc1OC. The van der Waals surface area contributed by atoms with E-state index in [9.17, 15) is 18.3 Å². The summed E-state index contributed by atoms with van der Waals surface area (Å²) in [5.41, 5.74) is -0.962. The third-order valence-electron chi connectivity index (χ3n) is 5.87. The van der Waals surface area contributed by atoms with Gasteiger partial charge in [0.2, 0.25) is 0 Å². The van der Waals surface area contributed by atoms with Crippen LogP contribution in [0.2, 0.25) is 5.02 Å². The number of piperidine rings is 1. The van der Waals surface area contributed by atoms with Gasteiger partial charge in [-0.05, 0) is 55.2 Å². The molecule has 0 radical (unpaired) electrons. The molecular formula is C22H25ClF3NO3. The number of hydrogen-bond donors (Lipinski definition) is 1. The maximum absolute atomic E-state index is 13.2. The van der Waals surface area contributed by atoms with Crippen LogP contribution in [0, 0.1) is 0 Å². The Kier molecular flexibility index (Phi) is 6.55. The summed E-state index contributed by atoms with van der Waals surface area (Å²) in [6, 6.07) is 9.42. The van der Waals surface area contributed by atoms with Gasteiger partial charge in [0, 0.05) is 19.1 Å². The van der Waals surface area contributed by atoms with Crippen LogP contribution in [0.15, 0.2) is 36.4 Å². The van der Waals surface area contributed by atoms with Gasteiger partial charge < -0.3 is 14.6 Å². The molecule has 0 bridgehead atoms. The van der Waals surface area contributed by atoms with Crippen molar-refractivity contribution in [3.8, 4) is 11.5 Å². The second-order valence-electron chi connectivity index (χ2n) is 7.55. The van der Waals surface area contributed by atoms with Crippen molar-refractivity contribution in [2.75, 3.05) is 27.3 Å². The lowest BCUT2D eigenvalue weighted by molar-refractivity contribution is -0.137. The summed E-state index contributed by atoms with van der Waals surface area (Å²) in [6.07, 6.45) is -3.92. The van der Waals surface area contributed by atoms with Crippen LogP contribution in [0.5, 0.6) is 11.5 Å². The number of rotatable bonds is 5. The van der Waals surface area contributed by atoms with Gasteiger partial charge in [0.25, 0.3) is 0 Å². The highest BCUT2D eigenvalue weighted by atomic mass is 35.5. The fourth-order valence-electron chi connectivity index (χ4n) is 3.93. The van der Waals surface area contributed by atoms with Gasteiger partial charge in [-0.2, -0.15) is 13.2 Å². The Morgan fingerprint density at radius 2 is 1.67 bits per heavy atom. The molecule has 3 rings (SSSR count). The van der Waals surface area contributed by atoms with E-state index in [1.54, 1.807) is 14.2 Å². The van der Waals surface area contributed by atoms with Crippen molar-refractivity contribution in [1.29, 1.82) is 0 Å². The molecule has 1 fully saturated rings. The summed E-state index contributed by atoms with van der Waals surface area (Å²) >= 11 is 5.72. The summed E-state index contributed by atoms with van der Waals surface area (Å²) in [5, 5.41) is 10.7. The number of likely N-dealkylation sites (tertiary alicyclic amines) is 1. The highest BCUT2D eigenvalue weighted by Crippen LogP contribution is 2.41. The fourth-order valence-corrected chi connectivity index (χ4v) is 4.15. The predicted molar refractivity (Wildman–Crippen MR) is 109 cm³/mol. The van der Waals surface area contributed by atoms with Crippen LogP contribution < -0.4 is 9.47 Å². The number of nitrogens with zero attached hydrogens (tertiary/aromatic N) is 1. The van der Waals surface area contributed by atoms with E-state index in [4.69, 9.17) is 21.1 Å². The average molecular weight is 444 g/mol. The van der Waals surface area contributed by atoms with Gasteiger partial charge in [0.05, 0.1) is 30.4 Å². The first-order valence-corrected chi connectivity index (χ1v) is 10.0. The first-order valence-electron chi connectivity index (χ1n) is 9.64. The number of aliphatic hydroxyl groups is 1. The number of methoxy groups -OCH3 is 2. The third kappa shape index (κ3) is 4.53. The molecule has 4 nitrogen and oxygen atoms in total. The maximum atomic E-state index is 13.2. The molecular weight excluding hydrogens is 419 g/mol. The van der Waals surface area contributed by atoms with Crippen LogP contribution in [0.4, 0.5) is 13.2 Å². The van der Waals surface area contributed by atoms with Crippen molar-refractivity contribution in [3.05, 3.63) is 58.1 Å². The van der Waals surface area contributed by atoms with Gasteiger partial charge in [-0.3, -0.25) is 4.90 Å². The van der Waals surface area contributed by atoms with E-state index in [1.807, 2.05) is 18.2 Å². The molecule has 2 aromatic carbocycles. The lowest BCUT2D eigenvalue weighted by atomic mass is 9.83. The van der Waals surface area contributed by atoms with Crippen LogP contribution in [0.25, 0.3) is 0 Å². The normalized spacial score (nSPS) is 18.1. The lowest BCUT2D eigenvalue weighted by Gasteiger charge is -2.41. The molecule has 2 aromatic rings. The number of halogens is 4. The first kappa shape index (κ1) is 22.7. The van der Waals surface area contributed by atoms with Crippen LogP contribution in [-0.2, 0) is 11.8 Å². The molecule has 1 heterocycles. The Labute approximate surface area is 179 Å². The van der Waals surface area contributed by atoms with E-state index >= 15 is 0 Å². The molecule has 0 aromatic heterocycles. The molecule has 0 spiro atoms. The van der Waals surface area contributed by atoms with Gasteiger partial charge >= 0.3 is 6.18 Å². The number of benzene rings is 2. The van der Waals surface area contributed by atoms with Crippen LogP contribution in [0.3, 0.4) is 0 Å². The van der Waals surface area contributed by atoms with Crippen molar-refractivity contribution >= 4 is 11.6 Å². The maximum Gasteiger partial charge on any atom is 0.417 e. The summed E-state index contributed by atoms with van der Waals surface area (Å²) < 4.78 is 50.2. The third-order valence-corrected chi connectivity index (χ3v) is 6.20. The van der Waals surface area contributed by atoms with Crippen molar-refractivity contribution in [1.82, 2.24) is 4.90 Å². The molecule has 0 saturated carbocycles. The Bertz CT molecular complexity index is 896. The zero-order valence-corrected chi connectivity index (χ0v) is 17.8. The van der Waals surface area contributed by atoms with Crippen molar-refractivity contribution in [3.63, 3.8) is 0 Å². The zero-order valence-electron chi connectivity index (χ0n) is 17.1. The Morgan fingerprint density at radius 3 is 2.23 bits per heavy atom. The van der Waals surface area contributed by atoms with E-state index in [-0.39, 0.29) is 16.6 Å². The van der Waals surface area contributed by atoms with Crippen LogP contribution in [0.1, 0.15) is 42.5 Å². The predicted octanol–water partition coefficient (Wildman–Crippen LogP) is 5.42. The summed E-state index contributed by atoms with van der Waals surface area (Å²) in [5.74, 6) is 1.28. The standard InChI is InChI=1S/C22H25ClF3NO3/c1-14(15-4-7-19(29-2)20(12-15)30-3)27-10-8-21(28,9-11-27)16-5-6-18(23)17(13-16)22(24,25)26/h4-7,12-14,28H,8-11H2,1-3H3. The second-order valence-corrected chi connectivity index (χ2v) is 7.96. The average Bonchev–Trinajstić information content (AvgIpc) is 2.72. The molecule has 1 atom stereocenters. The number of ether oxygens (including phenoxy) is 2. The van der Waals surface area contributed by atoms with Crippen LogP contribution >= 0.6 is 11.6 Å². The van der Waals surface area contributed by atoms with E-state index < -0.39 is 17.3 Å². The van der Waals surface area contributed by atoms with Gasteiger partial charge in [0.1, 0.15) is 0 Å². The Balaban J connectivity index is 1.75. The van der Waals surface area contributed by atoms with Gasteiger partial charge in [-0.15, -0.1) is 0 Å².